The van der Waals surface area contributed by atoms with Crippen molar-refractivity contribution in [3.8, 4) is 5.69 Å². The molecule has 5 rings (SSSR count). The van der Waals surface area contributed by atoms with Gasteiger partial charge in [0.25, 0.3) is 0 Å². The Morgan fingerprint density at radius 1 is 1.07 bits per heavy atom. The average Bonchev–Trinajstić information content (AvgIpc) is 3.34. The molecular weight excluding hydrogens is 402 g/mol. The van der Waals surface area contributed by atoms with E-state index in [1.165, 1.54) is 0 Å². The van der Waals surface area contributed by atoms with E-state index in [1.54, 1.807) is 0 Å². The summed E-state index contributed by atoms with van der Waals surface area (Å²) in [6.07, 6.45) is 1.84. The van der Waals surface area contributed by atoms with Gasteiger partial charge >= 0.3 is 0 Å². The number of aromatic nitrogens is 5. The Morgan fingerprint density at radius 2 is 1.90 bits per heavy atom. The Hall–Kier alpha value is -2.97. The standard InChI is InChI=1S/C21H22ClN7O/c1-14-10-17(26-30-14)13-27-6-8-28(9-7-27)20-19-12-23-29(21(19)25-15(2)24-20)18-5-3-4-16(22)11-18/h3-5,10-12H,6-9,13H2,1-2H3. The van der Waals surface area contributed by atoms with Crippen LogP contribution in [0.2, 0.25) is 5.02 Å². The Labute approximate surface area is 179 Å². The quantitative estimate of drug-likeness (QED) is 0.498. The molecule has 4 heterocycles. The minimum Gasteiger partial charge on any atom is -0.361 e. The van der Waals surface area contributed by atoms with Gasteiger partial charge in [-0.1, -0.05) is 22.8 Å². The van der Waals surface area contributed by atoms with Crippen LogP contribution in [0.5, 0.6) is 0 Å². The Bertz CT molecular complexity index is 1190. The van der Waals surface area contributed by atoms with Crippen molar-refractivity contribution in [1.29, 1.82) is 0 Å². The van der Waals surface area contributed by atoms with Crippen molar-refractivity contribution < 1.29 is 4.52 Å². The molecule has 0 spiro atoms. The first-order chi connectivity index (χ1) is 14.6. The van der Waals surface area contributed by atoms with Gasteiger partial charge in [-0.3, -0.25) is 4.90 Å². The smallest absolute Gasteiger partial charge is 0.168 e. The fraction of sp³-hybridized carbons (Fsp3) is 0.333. The summed E-state index contributed by atoms with van der Waals surface area (Å²) in [6.45, 7) is 8.26. The van der Waals surface area contributed by atoms with E-state index in [1.807, 2.05) is 55.1 Å². The number of anilines is 1. The lowest BCUT2D eigenvalue weighted by molar-refractivity contribution is 0.241. The van der Waals surface area contributed by atoms with E-state index >= 15 is 0 Å². The Balaban J connectivity index is 1.40. The molecule has 0 N–H and O–H groups in total. The molecule has 9 heteroatoms. The van der Waals surface area contributed by atoms with Crippen LogP contribution in [-0.2, 0) is 6.54 Å². The van der Waals surface area contributed by atoms with Crippen LogP contribution in [0.1, 0.15) is 17.3 Å². The summed E-state index contributed by atoms with van der Waals surface area (Å²) in [5.74, 6) is 2.50. The predicted octanol–water partition coefficient (Wildman–Crippen LogP) is 3.40. The van der Waals surface area contributed by atoms with Gasteiger partial charge in [-0.15, -0.1) is 0 Å². The normalized spacial score (nSPS) is 15.2. The zero-order valence-corrected chi connectivity index (χ0v) is 17.7. The first-order valence-electron chi connectivity index (χ1n) is 9.94. The second-order valence-corrected chi connectivity index (χ2v) is 8.00. The van der Waals surface area contributed by atoms with Crippen LogP contribution >= 0.6 is 11.6 Å². The molecule has 0 radical (unpaired) electrons. The first kappa shape index (κ1) is 19.0. The topological polar surface area (TPSA) is 76.1 Å². The maximum Gasteiger partial charge on any atom is 0.168 e. The summed E-state index contributed by atoms with van der Waals surface area (Å²) in [4.78, 5) is 14.1. The van der Waals surface area contributed by atoms with Gasteiger partial charge in [0.2, 0.25) is 0 Å². The lowest BCUT2D eigenvalue weighted by Crippen LogP contribution is -2.46. The minimum absolute atomic E-state index is 0.667. The average molecular weight is 424 g/mol. The molecule has 8 nitrogen and oxygen atoms in total. The highest BCUT2D eigenvalue weighted by Crippen LogP contribution is 2.27. The second-order valence-electron chi connectivity index (χ2n) is 7.56. The number of rotatable bonds is 4. The number of halogens is 1. The zero-order chi connectivity index (χ0) is 20.7. The third-order valence-corrected chi connectivity index (χ3v) is 5.54. The highest BCUT2D eigenvalue weighted by molar-refractivity contribution is 6.30. The van der Waals surface area contributed by atoms with E-state index in [0.717, 1.165) is 72.5 Å². The largest absolute Gasteiger partial charge is 0.361 e. The van der Waals surface area contributed by atoms with Gasteiger partial charge in [0, 0.05) is 43.8 Å². The summed E-state index contributed by atoms with van der Waals surface area (Å²) in [6, 6.07) is 9.61. The van der Waals surface area contributed by atoms with E-state index in [2.05, 4.69) is 25.0 Å². The van der Waals surface area contributed by atoms with Crippen LogP contribution in [0.4, 0.5) is 5.82 Å². The lowest BCUT2D eigenvalue weighted by Gasteiger charge is -2.35. The molecule has 1 aliphatic heterocycles. The second kappa shape index (κ2) is 7.70. The molecule has 1 aliphatic rings. The van der Waals surface area contributed by atoms with Crippen molar-refractivity contribution in [2.75, 3.05) is 31.1 Å². The molecule has 0 bridgehead atoms. The van der Waals surface area contributed by atoms with Gasteiger partial charge in [-0.2, -0.15) is 5.10 Å². The number of benzene rings is 1. The van der Waals surface area contributed by atoms with Crippen molar-refractivity contribution in [3.63, 3.8) is 0 Å². The van der Waals surface area contributed by atoms with E-state index in [9.17, 15) is 0 Å². The molecule has 0 aliphatic carbocycles. The molecule has 30 heavy (non-hydrogen) atoms. The summed E-state index contributed by atoms with van der Waals surface area (Å²) < 4.78 is 7.00. The molecule has 0 atom stereocenters. The molecule has 1 fully saturated rings. The van der Waals surface area contributed by atoms with E-state index < -0.39 is 0 Å². The fourth-order valence-electron chi connectivity index (χ4n) is 3.88. The maximum absolute atomic E-state index is 6.17. The monoisotopic (exact) mass is 423 g/mol. The van der Waals surface area contributed by atoms with Gasteiger partial charge in [-0.25, -0.2) is 14.6 Å². The number of hydrogen-bond donors (Lipinski definition) is 0. The van der Waals surface area contributed by atoms with Crippen molar-refractivity contribution in [3.05, 3.63) is 58.8 Å². The highest BCUT2D eigenvalue weighted by Gasteiger charge is 2.23. The van der Waals surface area contributed by atoms with Crippen LogP contribution in [0, 0.1) is 13.8 Å². The summed E-state index contributed by atoms with van der Waals surface area (Å²) in [7, 11) is 0. The number of piperazine rings is 1. The summed E-state index contributed by atoms with van der Waals surface area (Å²) in [5.41, 5.74) is 2.65. The zero-order valence-electron chi connectivity index (χ0n) is 16.9. The van der Waals surface area contributed by atoms with Gasteiger partial charge in [0.15, 0.2) is 5.65 Å². The SMILES string of the molecule is Cc1nc(N2CCN(Cc3cc(C)on3)CC2)c2cnn(-c3cccc(Cl)c3)c2n1. The Kier molecular flexibility index (Phi) is 4.88. The fourth-order valence-corrected chi connectivity index (χ4v) is 4.06. The van der Waals surface area contributed by atoms with E-state index in [0.29, 0.717) is 5.02 Å². The summed E-state index contributed by atoms with van der Waals surface area (Å²) >= 11 is 6.17. The highest BCUT2D eigenvalue weighted by atomic mass is 35.5. The molecule has 0 unspecified atom stereocenters. The van der Waals surface area contributed by atoms with Gasteiger partial charge in [0.1, 0.15) is 17.4 Å². The third kappa shape index (κ3) is 3.64. The van der Waals surface area contributed by atoms with Crippen molar-refractivity contribution in [1.82, 2.24) is 29.8 Å². The lowest BCUT2D eigenvalue weighted by atomic mass is 10.2. The van der Waals surface area contributed by atoms with Crippen LogP contribution in [0.15, 0.2) is 41.1 Å². The third-order valence-electron chi connectivity index (χ3n) is 5.31. The first-order valence-corrected chi connectivity index (χ1v) is 10.3. The van der Waals surface area contributed by atoms with Gasteiger partial charge < -0.3 is 9.42 Å². The number of aryl methyl sites for hydroxylation is 2. The molecule has 4 aromatic rings. The number of fused-ring (bicyclic) bond motifs is 1. The van der Waals surface area contributed by atoms with Gasteiger partial charge in [-0.05, 0) is 32.0 Å². The minimum atomic E-state index is 0.667. The van der Waals surface area contributed by atoms with Crippen molar-refractivity contribution >= 4 is 28.5 Å². The van der Waals surface area contributed by atoms with Crippen LogP contribution in [0.25, 0.3) is 16.7 Å². The molecule has 1 saturated heterocycles. The number of nitrogens with zero attached hydrogens (tertiary/aromatic N) is 7. The summed E-state index contributed by atoms with van der Waals surface area (Å²) in [5, 5.41) is 10.3. The van der Waals surface area contributed by atoms with Crippen LogP contribution in [-0.4, -0.2) is 56.0 Å². The van der Waals surface area contributed by atoms with Crippen LogP contribution in [0.3, 0.4) is 0 Å². The molecule has 0 saturated carbocycles. The van der Waals surface area contributed by atoms with Crippen molar-refractivity contribution in [2.45, 2.75) is 20.4 Å². The Morgan fingerprint density at radius 3 is 2.63 bits per heavy atom. The van der Waals surface area contributed by atoms with E-state index in [4.69, 9.17) is 21.1 Å². The molecule has 3 aromatic heterocycles. The predicted molar refractivity (Wildman–Crippen MR) is 115 cm³/mol. The molecule has 1 aromatic carbocycles. The number of hydrogen-bond acceptors (Lipinski definition) is 7. The van der Waals surface area contributed by atoms with Crippen molar-refractivity contribution in [2.24, 2.45) is 0 Å². The van der Waals surface area contributed by atoms with Crippen LogP contribution < -0.4 is 4.90 Å². The molecule has 154 valence electrons. The maximum atomic E-state index is 6.17. The molecular formula is C21H22ClN7O. The van der Waals surface area contributed by atoms with E-state index in [-0.39, 0.29) is 0 Å². The van der Waals surface area contributed by atoms with Gasteiger partial charge in [0.05, 0.1) is 23.0 Å². The molecule has 0 amide bonds.